The maximum Gasteiger partial charge on any atom is 0.270 e. The molecule has 0 bridgehead atoms. The van der Waals surface area contributed by atoms with Crippen LogP contribution in [0.2, 0.25) is 0 Å². The summed E-state index contributed by atoms with van der Waals surface area (Å²) in [5, 5.41) is 23.5. The molecule has 0 unspecified atom stereocenters. The lowest BCUT2D eigenvalue weighted by Crippen LogP contribution is -2.13. The molecule has 0 aliphatic heterocycles. The minimum Gasteiger partial charge on any atom is -0.394 e. The van der Waals surface area contributed by atoms with Gasteiger partial charge in [0.15, 0.2) is 5.82 Å². The van der Waals surface area contributed by atoms with Crippen molar-refractivity contribution in [3.63, 3.8) is 0 Å². The summed E-state index contributed by atoms with van der Waals surface area (Å²) in [7, 11) is 0. The SMILES string of the molecule is O=[N+]([O-])c1ccc2nc(-c3ccncc3)nc(NCCOCCO)c2c1. The molecule has 0 atom stereocenters. The number of aromatic nitrogens is 3. The van der Waals surface area contributed by atoms with E-state index in [0.717, 1.165) is 5.56 Å². The van der Waals surface area contributed by atoms with Gasteiger partial charge in [-0.1, -0.05) is 0 Å². The Morgan fingerprint density at radius 3 is 2.69 bits per heavy atom. The van der Waals surface area contributed by atoms with Crippen LogP contribution in [-0.4, -0.2) is 51.3 Å². The van der Waals surface area contributed by atoms with Gasteiger partial charge in [0.25, 0.3) is 5.69 Å². The number of fused-ring (bicyclic) bond motifs is 1. The van der Waals surface area contributed by atoms with Crippen LogP contribution in [0.15, 0.2) is 42.7 Å². The third kappa shape index (κ3) is 4.08. The van der Waals surface area contributed by atoms with Crippen LogP contribution in [-0.2, 0) is 4.74 Å². The lowest BCUT2D eigenvalue weighted by Gasteiger charge is -2.11. The van der Waals surface area contributed by atoms with E-state index in [9.17, 15) is 10.1 Å². The molecule has 9 nitrogen and oxygen atoms in total. The molecule has 26 heavy (non-hydrogen) atoms. The van der Waals surface area contributed by atoms with E-state index < -0.39 is 4.92 Å². The van der Waals surface area contributed by atoms with Gasteiger partial charge in [-0.25, -0.2) is 9.97 Å². The second kappa shape index (κ2) is 8.28. The summed E-state index contributed by atoms with van der Waals surface area (Å²) < 4.78 is 5.22. The van der Waals surface area contributed by atoms with Crippen molar-refractivity contribution in [3.8, 4) is 11.4 Å². The number of rotatable bonds is 8. The first-order valence-electron chi connectivity index (χ1n) is 7.98. The first-order chi connectivity index (χ1) is 12.7. The van der Waals surface area contributed by atoms with Gasteiger partial charge in [-0.15, -0.1) is 0 Å². The lowest BCUT2D eigenvalue weighted by molar-refractivity contribution is -0.384. The van der Waals surface area contributed by atoms with Crippen molar-refractivity contribution in [3.05, 3.63) is 52.8 Å². The number of nitrogens with zero attached hydrogens (tertiary/aromatic N) is 4. The van der Waals surface area contributed by atoms with Crippen molar-refractivity contribution in [2.24, 2.45) is 0 Å². The number of non-ortho nitro benzene ring substituents is 1. The molecule has 134 valence electrons. The standard InChI is InChI=1S/C17H17N5O4/c23-8-10-26-9-7-19-17-14-11-13(22(24)25)1-2-15(14)20-16(21-17)12-3-5-18-6-4-12/h1-6,11,23H,7-10H2,(H,19,20,21). The second-order valence-electron chi connectivity index (χ2n) is 5.35. The van der Waals surface area contributed by atoms with E-state index in [4.69, 9.17) is 9.84 Å². The number of aliphatic hydroxyl groups excluding tert-OH is 1. The van der Waals surface area contributed by atoms with Crippen LogP contribution in [0.25, 0.3) is 22.3 Å². The molecule has 0 saturated carbocycles. The van der Waals surface area contributed by atoms with E-state index in [1.54, 1.807) is 30.6 Å². The minimum atomic E-state index is -0.454. The Bertz CT molecular complexity index is 904. The largest absolute Gasteiger partial charge is 0.394 e. The normalized spacial score (nSPS) is 10.8. The minimum absolute atomic E-state index is 0.0302. The molecule has 3 aromatic rings. The Morgan fingerprint density at radius 2 is 1.96 bits per heavy atom. The Labute approximate surface area is 148 Å². The summed E-state index contributed by atoms with van der Waals surface area (Å²) in [5.41, 5.74) is 1.35. The summed E-state index contributed by atoms with van der Waals surface area (Å²) in [4.78, 5) is 23.6. The molecule has 9 heteroatoms. The summed E-state index contributed by atoms with van der Waals surface area (Å²) in [6, 6.07) is 8.05. The molecule has 3 rings (SSSR count). The molecule has 0 saturated heterocycles. The number of aliphatic hydroxyl groups is 1. The third-order valence-electron chi connectivity index (χ3n) is 3.60. The van der Waals surface area contributed by atoms with Gasteiger partial charge in [0.05, 0.1) is 30.3 Å². The molecular weight excluding hydrogens is 338 g/mol. The monoisotopic (exact) mass is 355 g/mol. The van der Waals surface area contributed by atoms with Crippen molar-refractivity contribution in [1.29, 1.82) is 0 Å². The topological polar surface area (TPSA) is 123 Å². The third-order valence-corrected chi connectivity index (χ3v) is 3.60. The van der Waals surface area contributed by atoms with Gasteiger partial charge >= 0.3 is 0 Å². The van der Waals surface area contributed by atoms with E-state index in [1.165, 1.54) is 12.1 Å². The van der Waals surface area contributed by atoms with Gasteiger partial charge in [-0.3, -0.25) is 15.1 Å². The predicted octanol–water partition coefficient (Wildman–Crippen LogP) is 2.02. The number of hydrogen-bond acceptors (Lipinski definition) is 8. The average Bonchev–Trinajstić information content (AvgIpc) is 2.67. The zero-order chi connectivity index (χ0) is 18.4. The lowest BCUT2D eigenvalue weighted by atomic mass is 10.2. The Balaban J connectivity index is 1.98. The summed E-state index contributed by atoms with van der Waals surface area (Å²) in [5.74, 6) is 0.977. The molecule has 0 aliphatic rings. The second-order valence-corrected chi connectivity index (χ2v) is 5.35. The first kappa shape index (κ1) is 17.6. The van der Waals surface area contributed by atoms with E-state index >= 15 is 0 Å². The van der Waals surface area contributed by atoms with Crippen LogP contribution in [0.3, 0.4) is 0 Å². The van der Waals surface area contributed by atoms with Gasteiger partial charge in [-0.2, -0.15) is 0 Å². The van der Waals surface area contributed by atoms with Gasteiger partial charge in [-0.05, 0) is 18.2 Å². The van der Waals surface area contributed by atoms with Crippen molar-refractivity contribution in [2.75, 3.05) is 31.7 Å². The molecular formula is C17H17N5O4. The zero-order valence-electron chi connectivity index (χ0n) is 13.8. The number of nitro groups is 1. The molecule has 2 aromatic heterocycles. The molecule has 0 spiro atoms. The van der Waals surface area contributed by atoms with Gasteiger partial charge in [0.2, 0.25) is 0 Å². The Kier molecular flexibility index (Phi) is 5.62. The van der Waals surface area contributed by atoms with E-state index in [2.05, 4.69) is 20.3 Å². The number of hydrogen-bond donors (Lipinski definition) is 2. The average molecular weight is 355 g/mol. The van der Waals surface area contributed by atoms with Crippen molar-refractivity contribution < 1.29 is 14.8 Å². The highest BCUT2D eigenvalue weighted by Crippen LogP contribution is 2.27. The highest BCUT2D eigenvalue weighted by Gasteiger charge is 2.13. The zero-order valence-corrected chi connectivity index (χ0v) is 13.8. The molecule has 2 N–H and O–H groups in total. The fourth-order valence-electron chi connectivity index (χ4n) is 2.40. The summed E-state index contributed by atoms with van der Waals surface area (Å²) in [6.45, 7) is 1.00. The van der Waals surface area contributed by atoms with Crippen molar-refractivity contribution >= 4 is 22.4 Å². The van der Waals surface area contributed by atoms with Gasteiger partial charge in [0, 0.05) is 42.0 Å². The van der Waals surface area contributed by atoms with E-state index in [0.29, 0.717) is 35.7 Å². The maximum atomic E-state index is 11.1. The maximum absolute atomic E-state index is 11.1. The summed E-state index contributed by atoms with van der Waals surface area (Å²) in [6.07, 6.45) is 3.29. The number of benzene rings is 1. The van der Waals surface area contributed by atoms with Crippen LogP contribution in [0, 0.1) is 10.1 Å². The number of pyridine rings is 1. The first-order valence-corrected chi connectivity index (χ1v) is 7.98. The van der Waals surface area contributed by atoms with E-state index in [-0.39, 0.29) is 18.9 Å². The summed E-state index contributed by atoms with van der Waals surface area (Å²) >= 11 is 0. The Hall–Kier alpha value is -3.17. The highest BCUT2D eigenvalue weighted by molar-refractivity contribution is 5.92. The van der Waals surface area contributed by atoms with Crippen LogP contribution < -0.4 is 5.32 Å². The predicted molar refractivity (Wildman–Crippen MR) is 95.8 cm³/mol. The van der Waals surface area contributed by atoms with Gasteiger partial charge in [0.1, 0.15) is 5.82 Å². The number of anilines is 1. The smallest absolute Gasteiger partial charge is 0.270 e. The molecule has 0 amide bonds. The number of ether oxygens (including phenoxy) is 1. The van der Waals surface area contributed by atoms with Crippen LogP contribution in [0.4, 0.5) is 11.5 Å². The van der Waals surface area contributed by atoms with E-state index in [1.807, 2.05) is 0 Å². The molecule has 0 radical (unpaired) electrons. The van der Waals surface area contributed by atoms with Crippen LogP contribution >= 0.6 is 0 Å². The Morgan fingerprint density at radius 1 is 1.15 bits per heavy atom. The van der Waals surface area contributed by atoms with Gasteiger partial charge < -0.3 is 15.2 Å². The number of nitrogens with one attached hydrogen (secondary N) is 1. The fraction of sp³-hybridized carbons (Fsp3) is 0.235. The fourth-order valence-corrected chi connectivity index (χ4v) is 2.40. The molecule has 0 fully saturated rings. The van der Waals surface area contributed by atoms with Crippen molar-refractivity contribution in [1.82, 2.24) is 15.0 Å². The molecule has 1 aromatic carbocycles. The molecule has 2 heterocycles. The molecule has 0 aliphatic carbocycles. The van der Waals surface area contributed by atoms with Crippen LogP contribution in [0.1, 0.15) is 0 Å². The van der Waals surface area contributed by atoms with Crippen molar-refractivity contribution in [2.45, 2.75) is 0 Å². The highest BCUT2D eigenvalue weighted by atomic mass is 16.6. The van der Waals surface area contributed by atoms with Crippen LogP contribution in [0.5, 0.6) is 0 Å². The number of nitro benzene ring substituents is 1. The quantitative estimate of drug-likeness (QED) is 0.357.